The summed E-state index contributed by atoms with van der Waals surface area (Å²) in [4.78, 5) is 30.2. The predicted molar refractivity (Wildman–Crippen MR) is 163 cm³/mol. The summed E-state index contributed by atoms with van der Waals surface area (Å²) in [5.41, 5.74) is 3.28. The van der Waals surface area contributed by atoms with Crippen molar-refractivity contribution in [3.63, 3.8) is 0 Å². The highest BCUT2D eigenvalue weighted by Gasteiger charge is 2.43. The SMILES string of the molecule is Cc1cc(-c2cc3c(cc2Cl)N(CC2CNC2)C(=O)C(C2CCN(C(=O)OC(C)(C)C)CC2)O3)c2ccccc2c1. The van der Waals surface area contributed by atoms with Gasteiger partial charge in [-0.3, -0.25) is 4.79 Å². The minimum absolute atomic E-state index is 0.00437. The van der Waals surface area contributed by atoms with E-state index in [0.717, 1.165) is 46.2 Å². The summed E-state index contributed by atoms with van der Waals surface area (Å²) in [6.07, 6.45) is 0.431. The molecule has 216 valence electrons. The van der Waals surface area contributed by atoms with E-state index in [0.29, 0.717) is 49.2 Å². The number of rotatable bonds is 4. The molecule has 1 N–H and O–H groups in total. The lowest BCUT2D eigenvalue weighted by Gasteiger charge is -2.42. The van der Waals surface area contributed by atoms with Crippen LogP contribution in [0, 0.1) is 18.8 Å². The smallest absolute Gasteiger partial charge is 0.410 e. The number of likely N-dealkylation sites (tertiary alicyclic amines) is 1. The maximum atomic E-state index is 14.0. The molecule has 0 aliphatic carbocycles. The summed E-state index contributed by atoms with van der Waals surface area (Å²) < 4.78 is 12.2. The molecule has 0 radical (unpaired) electrons. The Hall–Kier alpha value is -3.29. The summed E-state index contributed by atoms with van der Waals surface area (Å²) in [6, 6.07) is 16.6. The topological polar surface area (TPSA) is 71.1 Å². The Morgan fingerprint density at radius 3 is 2.49 bits per heavy atom. The fourth-order valence-electron chi connectivity index (χ4n) is 6.13. The third-order valence-electron chi connectivity index (χ3n) is 8.33. The molecule has 2 fully saturated rings. The van der Waals surface area contributed by atoms with Gasteiger partial charge in [-0.05, 0) is 74.6 Å². The zero-order valence-electron chi connectivity index (χ0n) is 24.2. The number of amides is 2. The molecule has 3 aromatic rings. The van der Waals surface area contributed by atoms with E-state index in [1.807, 2.05) is 49.9 Å². The Balaban J connectivity index is 1.32. The number of piperidine rings is 1. The maximum Gasteiger partial charge on any atom is 0.410 e. The Kier molecular flexibility index (Phi) is 7.37. The quantitative estimate of drug-likeness (QED) is 0.388. The number of nitrogens with one attached hydrogen (secondary N) is 1. The molecule has 0 aromatic heterocycles. The lowest BCUT2D eigenvalue weighted by Crippen LogP contribution is -2.56. The van der Waals surface area contributed by atoms with Crippen LogP contribution < -0.4 is 15.0 Å². The van der Waals surface area contributed by atoms with Gasteiger partial charge in [0.2, 0.25) is 0 Å². The second-order valence-electron chi connectivity index (χ2n) is 12.6. The lowest BCUT2D eigenvalue weighted by molar-refractivity contribution is -0.129. The molecular formula is C33H38ClN3O4. The summed E-state index contributed by atoms with van der Waals surface area (Å²) in [5.74, 6) is 1.04. The van der Waals surface area contributed by atoms with E-state index < -0.39 is 11.7 Å². The first-order valence-corrected chi connectivity index (χ1v) is 14.9. The van der Waals surface area contributed by atoms with Crippen LogP contribution in [0.4, 0.5) is 10.5 Å². The van der Waals surface area contributed by atoms with Crippen LogP contribution in [0.3, 0.4) is 0 Å². The third-order valence-corrected chi connectivity index (χ3v) is 8.64. The van der Waals surface area contributed by atoms with Gasteiger partial charge in [-0.2, -0.15) is 0 Å². The number of halogens is 1. The summed E-state index contributed by atoms with van der Waals surface area (Å²) in [5, 5.41) is 6.18. The zero-order valence-corrected chi connectivity index (χ0v) is 25.0. The minimum atomic E-state index is -0.611. The molecule has 2 saturated heterocycles. The van der Waals surface area contributed by atoms with Gasteiger partial charge in [-0.15, -0.1) is 0 Å². The number of hydrogen-bond acceptors (Lipinski definition) is 5. The molecule has 3 aliphatic rings. The van der Waals surface area contributed by atoms with Crippen molar-refractivity contribution < 1.29 is 19.1 Å². The second-order valence-corrected chi connectivity index (χ2v) is 13.1. The fourth-order valence-corrected chi connectivity index (χ4v) is 6.39. The van der Waals surface area contributed by atoms with Gasteiger partial charge in [0.1, 0.15) is 11.4 Å². The van der Waals surface area contributed by atoms with Gasteiger partial charge in [-0.25, -0.2) is 4.79 Å². The standard InChI is InChI=1S/C33H38ClN3O4/c1-20-13-23-7-5-6-8-24(23)25(14-20)26-15-29-28(16-27(26)34)37(19-21-17-35-18-21)31(38)30(40-29)22-9-11-36(12-10-22)32(39)41-33(2,3)4/h5-8,13-16,21-22,30,35H,9-12,17-19H2,1-4H3. The average molecular weight is 576 g/mol. The average Bonchev–Trinajstić information content (AvgIpc) is 2.90. The van der Waals surface area contributed by atoms with Crippen molar-refractivity contribution in [1.29, 1.82) is 0 Å². The Morgan fingerprint density at radius 1 is 1.07 bits per heavy atom. The van der Waals surface area contributed by atoms with E-state index in [9.17, 15) is 9.59 Å². The van der Waals surface area contributed by atoms with E-state index >= 15 is 0 Å². The molecule has 41 heavy (non-hydrogen) atoms. The minimum Gasteiger partial charge on any atom is -0.478 e. The number of aryl methyl sites for hydroxylation is 1. The molecule has 3 aromatic carbocycles. The third kappa shape index (κ3) is 5.62. The van der Waals surface area contributed by atoms with Crippen LogP contribution in [0.2, 0.25) is 5.02 Å². The number of ether oxygens (including phenoxy) is 2. The van der Waals surface area contributed by atoms with Crippen LogP contribution in [0.1, 0.15) is 39.2 Å². The molecule has 3 heterocycles. The molecule has 3 aliphatic heterocycles. The Bertz CT molecular complexity index is 1490. The number of anilines is 1. The number of fused-ring (bicyclic) bond motifs is 2. The van der Waals surface area contributed by atoms with Crippen molar-refractivity contribution >= 4 is 40.1 Å². The van der Waals surface area contributed by atoms with Crippen LogP contribution in [0.5, 0.6) is 5.75 Å². The van der Waals surface area contributed by atoms with Gasteiger partial charge in [0.15, 0.2) is 6.10 Å². The molecule has 1 atom stereocenters. The van der Waals surface area contributed by atoms with E-state index in [1.165, 1.54) is 0 Å². The van der Waals surface area contributed by atoms with Crippen molar-refractivity contribution in [3.8, 4) is 16.9 Å². The van der Waals surface area contributed by atoms with E-state index in [-0.39, 0.29) is 17.9 Å². The predicted octanol–water partition coefficient (Wildman–Crippen LogP) is 6.43. The fraction of sp³-hybridized carbons (Fsp3) is 0.455. The number of hydrogen-bond donors (Lipinski definition) is 1. The Morgan fingerprint density at radius 2 is 1.80 bits per heavy atom. The molecule has 2 amide bonds. The van der Waals surface area contributed by atoms with Crippen molar-refractivity contribution in [2.24, 2.45) is 11.8 Å². The summed E-state index contributed by atoms with van der Waals surface area (Å²) in [7, 11) is 0. The van der Waals surface area contributed by atoms with Gasteiger partial charge in [0.25, 0.3) is 5.91 Å². The molecular weight excluding hydrogens is 538 g/mol. The highest BCUT2D eigenvalue weighted by molar-refractivity contribution is 6.34. The largest absolute Gasteiger partial charge is 0.478 e. The monoisotopic (exact) mass is 575 g/mol. The molecule has 7 nitrogen and oxygen atoms in total. The number of benzene rings is 3. The number of carbonyl (C=O) groups excluding carboxylic acids is 2. The van der Waals surface area contributed by atoms with Crippen LogP contribution in [-0.2, 0) is 9.53 Å². The van der Waals surface area contributed by atoms with E-state index in [1.54, 1.807) is 4.90 Å². The van der Waals surface area contributed by atoms with Crippen molar-refractivity contribution in [2.45, 2.75) is 52.2 Å². The van der Waals surface area contributed by atoms with Crippen molar-refractivity contribution in [2.75, 3.05) is 37.6 Å². The van der Waals surface area contributed by atoms with Crippen LogP contribution in [0.15, 0.2) is 48.5 Å². The van der Waals surface area contributed by atoms with Gasteiger partial charge in [0.05, 0.1) is 10.7 Å². The number of carbonyl (C=O) groups is 2. The highest BCUT2D eigenvalue weighted by Crippen LogP contribution is 2.45. The molecule has 0 spiro atoms. The summed E-state index contributed by atoms with van der Waals surface area (Å²) >= 11 is 6.97. The van der Waals surface area contributed by atoms with E-state index in [2.05, 4.69) is 36.5 Å². The molecule has 1 unspecified atom stereocenters. The summed E-state index contributed by atoms with van der Waals surface area (Å²) in [6.45, 7) is 11.2. The van der Waals surface area contributed by atoms with Gasteiger partial charge in [0, 0.05) is 50.1 Å². The van der Waals surface area contributed by atoms with Crippen molar-refractivity contribution in [1.82, 2.24) is 10.2 Å². The zero-order chi connectivity index (χ0) is 28.9. The van der Waals surface area contributed by atoms with Crippen LogP contribution in [0.25, 0.3) is 21.9 Å². The second kappa shape index (κ2) is 10.8. The van der Waals surface area contributed by atoms with Gasteiger partial charge < -0.3 is 24.6 Å². The van der Waals surface area contributed by atoms with Crippen LogP contribution >= 0.6 is 11.6 Å². The first kappa shape index (κ1) is 27.9. The first-order valence-electron chi connectivity index (χ1n) is 14.6. The normalized spacial score (nSPS) is 20.0. The Labute approximate surface area is 246 Å². The number of nitrogens with zero attached hydrogens (tertiary/aromatic N) is 2. The first-order chi connectivity index (χ1) is 19.6. The molecule has 6 rings (SSSR count). The van der Waals surface area contributed by atoms with Crippen molar-refractivity contribution in [3.05, 3.63) is 59.1 Å². The maximum absolute atomic E-state index is 14.0. The molecule has 8 heteroatoms. The lowest BCUT2D eigenvalue weighted by atomic mass is 9.88. The molecule has 0 bridgehead atoms. The molecule has 0 saturated carbocycles. The van der Waals surface area contributed by atoms with Crippen LogP contribution in [-0.4, -0.2) is 61.3 Å². The van der Waals surface area contributed by atoms with Gasteiger partial charge in [-0.1, -0.05) is 48.0 Å². The highest BCUT2D eigenvalue weighted by atomic mass is 35.5. The van der Waals surface area contributed by atoms with E-state index in [4.69, 9.17) is 21.1 Å². The van der Waals surface area contributed by atoms with Gasteiger partial charge >= 0.3 is 6.09 Å².